The number of hydrogen-bond donors (Lipinski definition) is 1. The lowest BCUT2D eigenvalue weighted by Gasteiger charge is -2.21. The first-order valence-corrected chi connectivity index (χ1v) is 7.41. The van der Waals surface area contributed by atoms with Crippen molar-refractivity contribution in [3.63, 3.8) is 0 Å². The number of benzene rings is 2. The smallest absolute Gasteiger partial charge is 0.0991 e. The molecule has 0 radical (unpaired) electrons. The molecule has 1 unspecified atom stereocenters. The van der Waals surface area contributed by atoms with E-state index in [1.165, 1.54) is 11.1 Å². The Bertz CT molecular complexity index is 614. The van der Waals surface area contributed by atoms with Gasteiger partial charge in [0.2, 0.25) is 0 Å². The molecule has 0 aromatic heterocycles. The Kier molecular flexibility index (Phi) is 4.94. The van der Waals surface area contributed by atoms with Crippen molar-refractivity contribution in [2.75, 3.05) is 0 Å². The summed E-state index contributed by atoms with van der Waals surface area (Å²) in [5.74, 6) is 0. The first kappa shape index (κ1) is 14.8. The Morgan fingerprint density at radius 2 is 1.65 bits per heavy atom. The lowest BCUT2D eigenvalue weighted by atomic mass is 10.0. The maximum atomic E-state index is 8.82. The van der Waals surface area contributed by atoms with Crippen LogP contribution in [0.15, 0.2) is 53.0 Å². The van der Waals surface area contributed by atoms with Crippen LogP contribution in [0.4, 0.5) is 0 Å². The molecule has 0 bridgehead atoms. The number of rotatable bonds is 4. The van der Waals surface area contributed by atoms with Crippen molar-refractivity contribution in [1.29, 1.82) is 5.26 Å². The number of nitrogens with zero attached hydrogens (tertiary/aromatic N) is 1. The fraction of sp³-hybridized carbons (Fsp3) is 0.235. The minimum absolute atomic E-state index is 0.233. The molecule has 0 fully saturated rings. The zero-order chi connectivity index (χ0) is 14.5. The van der Waals surface area contributed by atoms with Crippen LogP contribution in [0.1, 0.15) is 42.6 Å². The summed E-state index contributed by atoms with van der Waals surface area (Å²) in [7, 11) is 0. The summed E-state index contributed by atoms with van der Waals surface area (Å²) < 4.78 is 1.09. The van der Waals surface area contributed by atoms with Crippen molar-refractivity contribution in [3.8, 4) is 6.07 Å². The summed E-state index contributed by atoms with van der Waals surface area (Å²) in [4.78, 5) is 0. The molecule has 20 heavy (non-hydrogen) atoms. The van der Waals surface area contributed by atoms with Crippen LogP contribution in [0.5, 0.6) is 0 Å². The Morgan fingerprint density at radius 1 is 1.00 bits per heavy atom. The molecule has 0 heterocycles. The van der Waals surface area contributed by atoms with Crippen LogP contribution < -0.4 is 5.32 Å². The molecule has 0 spiro atoms. The highest BCUT2D eigenvalue weighted by Gasteiger charge is 2.11. The quantitative estimate of drug-likeness (QED) is 0.880. The number of halogens is 1. The second-order valence-electron chi connectivity index (χ2n) is 4.90. The van der Waals surface area contributed by atoms with Crippen LogP contribution in [-0.4, -0.2) is 0 Å². The summed E-state index contributed by atoms with van der Waals surface area (Å²) >= 11 is 3.50. The largest absolute Gasteiger partial charge is 0.304 e. The van der Waals surface area contributed by atoms with Crippen LogP contribution in [0.25, 0.3) is 0 Å². The van der Waals surface area contributed by atoms with Gasteiger partial charge >= 0.3 is 0 Å². The van der Waals surface area contributed by atoms with Gasteiger partial charge in [0, 0.05) is 16.6 Å². The molecule has 2 rings (SSSR count). The molecule has 0 amide bonds. The normalized spacial score (nSPS) is 13.5. The van der Waals surface area contributed by atoms with E-state index in [1.54, 1.807) is 0 Å². The third-order valence-electron chi connectivity index (χ3n) is 3.39. The predicted octanol–water partition coefficient (Wildman–Crippen LogP) is 4.73. The summed E-state index contributed by atoms with van der Waals surface area (Å²) in [6.45, 7) is 4.29. The van der Waals surface area contributed by atoms with Gasteiger partial charge in [-0.05, 0) is 49.2 Å². The summed E-state index contributed by atoms with van der Waals surface area (Å²) in [6, 6.07) is 18.7. The van der Waals surface area contributed by atoms with Gasteiger partial charge in [-0.25, -0.2) is 0 Å². The van der Waals surface area contributed by atoms with Crippen molar-refractivity contribution in [3.05, 3.63) is 69.7 Å². The fourth-order valence-corrected chi connectivity index (χ4v) is 2.61. The Hall–Kier alpha value is -1.63. The molecule has 0 aliphatic carbocycles. The van der Waals surface area contributed by atoms with E-state index in [0.29, 0.717) is 5.56 Å². The van der Waals surface area contributed by atoms with Crippen LogP contribution >= 0.6 is 15.9 Å². The van der Waals surface area contributed by atoms with Gasteiger partial charge in [-0.15, -0.1) is 0 Å². The number of hydrogen-bond acceptors (Lipinski definition) is 2. The Labute approximate surface area is 128 Å². The van der Waals surface area contributed by atoms with Crippen molar-refractivity contribution in [1.82, 2.24) is 5.32 Å². The highest BCUT2D eigenvalue weighted by Crippen LogP contribution is 2.22. The van der Waals surface area contributed by atoms with Crippen molar-refractivity contribution in [2.45, 2.75) is 25.9 Å². The zero-order valence-corrected chi connectivity index (χ0v) is 13.2. The van der Waals surface area contributed by atoms with E-state index in [9.17, 15) is 0 Å². The van der Waals surface area contributed by atoms with Crippen molar-refractivity contribution < 1.29 is 0 Å². The third kappa shape index (κ3) is 3.69. The molecule has 0 aliphatic heterocycles. The highest BCUT2D eigenvalue weighted by atomic mass is 79.9. The molecule has 0 saturated carbocycles. The van der Waals surface area contributed by atoms with E-state index in [-0.39, 0.29) is 12.1 Å². The van der Waals surface area contributed by atoms with Gasteiger partial charge < -0.3 is 5.32 Å². The van der Waals surface area contributed by atoms with Gasteiger partial charge in [0.15, 0.2) is 0 Å². The van der Waals surface area contributed by atoms with E-state index in [2.05, 4.69) is 53.3 Å². The zero-order valence-electron chi connectivity index (χ0n) is 11.6. The summed E-state index contributed by atoms with van der Waals surface area (Å²) in [5, 5.41) is 12.4. The molecule has 0 aliphatic rings. The van der Waals surface area contributed by atoms with E-state index >= 15 is 0 Å². The fourth-order valence-electron chi connectivity index (χ4n) is 2.19. The molecule has 0 saturated heterocycles. The number of nitrogens with one attached hydrogen (secondary N) is 1. The second-order valence-corrected chi connectivity index (χ2v) is 5.81. The van der Waals surface area contributed by atoms with E-state index < -0.39 is 0 Å². The molecule has 2 aromatic rings. The topological polar surface area (TPSA) is 35.8 Å². The van der Waals surface area contributed by atoms with Crippen LogP contribution in [0.3, 0.4) is 0 Å². The average molecular weight is 329 g/mol. The third-order valence-corrected chi connectivity index (χ3v) is 3.88. The minimum atomic E-state index is 0.233. The molecule has 1 N–H and O–H groups in total. The lowest BCUT2D eigenvalue weighted by molar-refractivity contribution is 0.494. The monoisotopic (exact) mass is 328 g/mol. The average Bonchev–Trinajstić information content (AvgIpc) is 2.47. The van der Waals surface area contributed by atoms with Gasteiger partial charge in [-0.1, -0.05) is 40.2 Å². The molecular formula is C17H17BrN2. The summed E-state index contributed by atoms with van der Waals surface area (Å²) in [5.41, 5.74) is 3.13. The van der Waals surface area contributed by atoms with Gasteiger partial charge in [0.25, 0.3) is 0 Å². The van der Waals surface area contributed by atoms with Gasteiger partial charge in [-0.2, -0.15) is 5.26 Å². The summed E-state index contributed by atoms with van der Waals surface area (Å²) in [6.07, 6.45) is 0. The van der Waals surface area contributed by atoms with Gasteiger partial charge in [0.1, 0.15) is 0 Å². The molecule has 3 heteroatoms. The van der Waals surface area contributed by atoms with Crippen molar-refractivity contribution >= 4 is 15.9 Å². The van der Waals surface area contributed by atoms with Crippen LogP contribution in [0, 0.1) is 11.3 Å². The first-order valence-electron chi connectivity index (χ1n) is 6.61. The lowest BCUT2D eigenvalue weighted by Crippen LogP contribution is -2.22. The number of nitriles is 1. The van der Waals surface area contributed by atoms with Gasteiger partial charge in [-0.3, -0.25) is 0 Å². The SMILES string of the molecule is CC(N[C@H](C)c1cccc(Br)c1)c1ccc(C#N)cc1. The maximum absolute atomic E-state index is 8.82. The maximum Gasteiger partial charge on any atom is 0.0991 e. The Morgan fingerprint density at radius 3 is 2.25 bits per heavy atom. The minimum Gasteiger partial charge on any atom is -0.304 e. The van der Waals surface area contributed by atoms with Crippen molar-refractivity contribution in [2.24, 2.45) is 0 Å². The highest BCUT2D eigenvalue weighted by molar-refractivity contribution is 9.10. The predicted molar refractivity (Wildman–Crippen MR) is 85.3 cm³/mol. The molecule has 2 aromatic carbocycles. The molecule has 2 nitrogen and oxygen atoms in total. The van der Waals surface area contributed by atoms with E-state index in [4.69, 9.17) is 5.26 Å². The van der Waals surface area contributed by atoms with Crippen LogP contribution in [0.2, 0.25) is 0 Å². The van der Waals surface area contributed by atoms with E-state index in [0.717, 1.165) is 4.47 Å². The Balaban J connectivity index is 2.06. The van der Waals surface area contributed by atoms with E-state index in [1.807, 2.05) is 36.4 Å². The second kappa shape index (κ2) is 6.69. The van der Waals surface area contributed by atoms with Gasteiger partial charge in [0.05, 0.1) is 11.6 Å². The molecule has 2 atom stereocenters. The molecule has 102 valence electrons. The molecular weight excluding hydrogens is 312 g/mol. The first-order chi connectivity index (χ1) is 9.60. The standard InChI is InChI=1S/C17H17BrN2/c1-12(15-8-6-14(11-19)7-9-15)20-13(2)16-4-3-5-17(18)10-16/h3-10,12-13,20H,1-2H3/t12?,13-/m1/s1. The van der Waals surface area contributed by atoms with Crippen LogP contribution in [-0.2, 0) is 0 Å².